The van der Waals surface area contributed by atoms with Gasteiger partial charge < -0.3 is 9.52 Å². The molecule has 3 aromatic rings. The van der Waals surface area contributed by atoms with Gasteiger partial charge in [-0.05, 0) is 12.1 Å². The smallest absolute Gasteiger partial charge is 0.337 e. The molecule has 78 valence electrons. The first-order valence-corrected chi connectivity index (χ1v) is 4.75. The van der Waals surface area contributed by atoms with Crippen LogP contribution in [0, 0.1) is 0 Å². The van der Waals surface area contributed by atoms with Crippen LogP contribution < -0.4 is 0 Å². The lowest BCUT2D eigenvalue weighted by atomic mass is 10.1. The third kappa shape index (κ3) is 1.10. The monoisotopic (exact) mass is 213 g/mol. The van der Waals surface area contributed by atoms with Crippen LogP contribution in [0.1, 0.15) is 10.4 Å². The summed E-state index contributed by atoms with van der Waals surface area (Å²) in [5, 5.41) is 10.7. The molecule has 0 radical (unpaired) electrons. The Labute approximate surface area is 90.1 Å². The molecule has 0 saturated heterocycles. The molecular formula is C12H7NO3. The summed E-state index contributed by atoms with van der Waals surface area (Å²) < 4.78 is 5.22. The normalized spacial score (nSPS) is 11.0. The van der Waals surface area contributed by atoms with Gasteiger partial charge in [0.25, 0.3) is 0 Å². The average Bonchev–Trinajstić information content (AvgIpc) is 2.76. The Morgan fingerprint density at radius 2 is 2.12 bits per heavy atom. The third-order valence-corrected chi connectivity index (χ3v) is 2.56. The van der Waals surface area contributed by atoms with Crippen molar-refractivity contribution in [3.05, 3.63) is 42.3 Å². The minimum atomic E-state index is -0.971. The van der Waals surface area contributed by atoms with Gasteiger partial charge in [-0.2, -0.15) is 0 Å². The van der Waals surface area contributed by atoms with Crippen molar-refractivity contribution in [3.8, 4) is 0 Å². The molecule has 4 nitrogen and oxygen atoms in total. The van der Waals surface area contributed by atoms with E-state index in [1.54, 1.807) is 24.6 Å². The number of fused-ring (bicyclic) bond motifs is 3. The first kappa shape index (κ1) is 8.91. The number of hydrogen-bond donors (Lipinski definition) is 1. The fourth-order valence-corrected chi connectivity index (χ4v) is 1.84. The lowest BCUT2D eigenvalue weighted by Crippen LogP contribution is -1.98. The summed E-state index contributed by atoms with van der Waals surface area (Å²) in [6, 6.07) is 6.90. The molecule has 0 spiro atoms. The molecular weight excluding hydrogens is 206 g/mol. The molecule has 2 heterocycles. The molecule has 0 aliphatic rings. The molecule has 0 unspecified atom stereocenters. The maximum absolute atomic E-state index is 11.0. The number of para-hydroxylation sites is 1. The first-order valence-electron chi connectivity index (χ1n) is 4.75. The van der Waals surface area contributed by atoms with Crippen LogP contribution in [0.3, 0.4) is 0 Å². The molecule has 0 fully saturated rings. The number of hydrogen-bond acceptors (Lipinski definition) is 3. The van der Waals surface area contributed by atoms with E-state index in [-0.39, 0.29) is 5.56 Å². The molecule has 0 amide bonds. The van der Waals surface area contributed by atoms with Crippen LogP contribution in [-0.4, -0.2) is 16.1 Å². The topological polar surface area (TPSA) is 63.3 Å². The number of carboxylic acids is 1. The minimum absolute atomic E-state index is 0.209. The zero-order valence-electron chi connectivity index (χ0n) is 8.18. The maximum Gasteiger partial charge on any atom is 0.337 e. The summed E-state index contributed by atoms with van der Waals surface area (Å²) in [5.74, 6) is -0.971. The van der Waals surface area contributed by atoms with E-state index < -0.39 is 5.97 Å². The molecule has 0 aliphatic carbocycles. The highest BCUT2D eigenvalue weighted by molar-refractivity contribution is 6.10. The van der Waals surface area contributed by atoms with Crippen LogP contribution >= 0.6 is 0 Å². The number of rotatable bonds is 1. The number of carbonyl (C=O) groups is 1. The van der Waals surface area contributed by atoms with Crippen LogP contribution in [0.15, 0.2) is 41.1 Å². The molecule has 0 aliphatic heterocycles. The van der Waals surface area contributed by atoms with Gasteiger partial charge in [0.1, 0.15) is 0 Å². The second-order valence-electron chi connectivity index (χ2n) is 3.46. The molecule has 0 bridgehead atoms. The Bertz CT molecular complexity index is 700. The number of aromatic carboxylic acids is 1. The Morgan fingerprint density at radius 3 is 2.94 bits per heavy atom. The van der Waals surface area contributed by atoms with E-state index in [9.17, 15) is 4.79 Å². The largest absolute Gasteiger partial charge is 0.478 e. The van der Waals surface area contributed by atoms with Crippen LogP contribution in [0.2, 0.25) is 0 Å². The van der Waals surface area contributed by atoms with Gasteiger partial charge >= 0.3 is 5.97 Å². The van der Waals surface area contributed by atoms with E-state index in [4.69, 9.17) is 9.52 Å². The van der Waals surface area contributed by atoms with Gasteiger partial charge in [0.05, 0.1) is 23.5 Å². The molecule has 3 rings (SSSR count). The molecule has 16 heavy (non-hydrogen) atoms. The fourth-order valence-electron chi connectivity index (χ4n) is 1.84. The second-order valence-corrected chi connectivity index (χ2v) is 3.46. The lowest BCUT2D eigenvalue weighted by molar-refractivity contribution is 0.0699. The van der Waals surface area contributed by atoms with Gasteiger partial charge in [0.15, 0.2) is 5.58 Å². The minimum Gasteiger partial charge on any atom is -0.478 e. The number of pyridine rings is 1. The number of carboxylic acid groups (broad SMARTS) is 1. The first-order chi connectivity index (χ1) is 7.77. The van der Waals surface area contributed by atoms with E-state index in [0.717, 1.165) is 10.8 Å². The quantitative estimate of drug-likeness (QED) is 0.675. The van der Waals surface area contributed by atoms with Crippen molar-refractivity contribution in [3.63, 3.8) is 0 Å². The molecule has 2 aromatic heterocycles. The SMILES string of the molecule is O=C(O)c1cccc2c1ncc1occc12. The van der Waals surface area contributed by atoms with Crippen LogP contribution in [0.25, 0.3) is 21.9 Å². The van der Waals surface area contributed by atoms with Crippen molar-refractivity contribution in [2.75, 3.05) is 0 Å². The van der Waals surface area contributed by atoms with Gasteiger partial charge in [0, 0.05) is 10.8 Å². The molecule has 4 heteroatoms. The summed E-state index contributed by atoms with van der Waals surface area (Å²) in [4.78, 5) is 15.2. The van der Waals surface area contributed by atoms with Crippen molar-refractivity contribution in [1.29, 1.82) is 0 Å². The lowest BCUT2D eigenvalue weighted by Gasteiger charge is -2.01. The molecule has 1 N–H and O–H groups in total. The molecule has 0 saturated carbocycles. The predicted octanol–water partition coefficient (Wildman–Crippen LogP) is 2.68. The van der Waals surface area contributed by atoms with Crippen LogP contribution in [0.4, 0.5) is 0 Å². The van der Waals surface area contributed by atoms with Gasteiger partial charge in [0.2, 0.25) is 0 Å². The van der Waals surface area contributed by atoms with Crippen molar-refractivity contribution in [2.24, 2.45) is 0 Å². The number of nitrogens with zero attached hydrogens (tertiary/aromatic N) is 1. The van der Waals surface area contributed by atoms with E-state index in [0.29, 0.717) is 11.1 Å². The van der Waals surface area contributed by atoms with E-state index in [2.05, 4.69) is 4.98 Å². The zero-order valence-corrected chi connectivity index (χ0v) is 8.18. The second kappa shape index (κ2) is 3.06. The molecule has 1 aromatic carbocycles. The summed E-state index contributed by atoms with van der Waals surface area (Å²) in [5.41, 5.74) is 1.36. The highest BCUT2D eigenvalue weighted by atomic mass is 16.4. The van der Waals surface area contributed by atoms with Gasteiger partial charge in [-0.1, -0.05) is 12.1 Å². The zero-order chi connectivity index (χ0) is 11.1. The molecule has 0 atom stereocenters. The van der Waals surface area contributed by atoms with Crippen molar-refractivity contribution >= 4 is 27.8 Å². The highest BCUT2D eigenvalue weighted by Gasteiger charge is 2.11. The maximum atomic E-state index is 11.0. The summed E-state index contributed by atoms with van der Waals surface area (Å²) in [6.45, 7) is 0. The summed E-state index contributed by atoms with van der Waals surface area (Å²) in [6.07, 6.45) is 3.11. The summed E-state index contributed by atoms with van der Waals surface area (Å²) in [7, 11) is 0. The number of furan rings is 1. The van der Waals surface area contributed by atoms with Gasteiger partial charge in [-0.3, -0.25) is 4.98 Å². The van der Waals surface area contributed by atoms with Gasteiger partial charge in [-0.25, -0.2) is 4.79 Å². The fraction of sp³-hybridized carbons (Fsp3) is 0. The Hall–Kier alpha value is -2.36. The Balaban J connectivity index is 2.53. The predicted molar refractivity (Wildman–Crippen MR) is 58.5 cm³/mol. The van der Waals surface area contributed by atoms with E-state index in [1.165, 1.54) is 0 Å². The third-order valence-electron chi connectivity index (χ3n) is 2.56. The number of aromatic nitrogens is 1. The summed E-state index contributed by atoms with van der Waals surface area (Å²) >= 11 is 0. The van der Waals surface area contributed by atoms with Crippen LogP contribution in [-0.2, 0) is 0 Å². The van der Waals surface area contributed by atoms with Crippen LogP contribution in [0.5, 0.6) is 0 Å². The van der Waals surface area contributed by atoms with E-state index in [1.807, 2.05) is 12.1 Å². The van der Waals surface area contributed by atoms with Crippen molar-refractivity contribution < 1.29 is 14.3 Å². The van der Waals surface area contributed by atoms with Gasteiger partial charge in [-0.15, -0.1) is 0 Å². The Morgan fingerprint density at radius 1 is 1.25 bits per heavy atom. The van der Waals surface area contributed by atoms with E-state index >= 15 is 0 Å². The standard InChI is InChI=1S/C12H7NO3/c14-12(15)9-3-1-2-8-7-4-5-16-10(7)6-13-11(8)9/h1-6H,(H,14,15). The highest BCUT2D eigenvalue weighted by Crippen LogP contribution is 2.26. The van der Waals surface area contributed by atoms with Crippen molar-refractivity contribution in [1.82, 2.24) is 4.98 Å². The number of benzene rings is 1. The average molecular weight is 213 g/mol. The van der Waals surface area contributed by atoms with Crippen molar-refractivity contribution in [2.45, 2.75) is 0 Å². The Kier molecular flexibility index (Phi) is 1.71.